The van der Waals surface area contributed by atoms with Gasteiger partial charge in [-0.2, -0.15) is 0 Å². The maximum absolute atomic E-state index is 12.1. The summed E-state index contributed by atoms with van der Waals surface area (Å²) < 4.78 is 2.37. The van der Waals surface area contributed by atoms with E-state index in [1.807, 2.05) is 12.1 Å². The highest BCUT2D eigenvalue weighted by molar-refractivity contribution is 9.10. The van der Waals surface area contributed by atoms with Crippen LogP contribution >= 0.6 is 15.9 Å². The van der Waals surface area contributed by atoms with Crippen molar-refractivity contribution in [3.63, 3.8) is 0 Å². The van der Waals surface area contributed by atoms with Gasteiger partial charge in [-0.25, -0.2) is 4.98 Å². The number of likely N-dealkylation sites (tertiary alicyclic amines) is 1. The number of rotatable bonds is 2. The Balaban J connectivity index is 1.89. The standard InChI is InChI=1S/C14H16BrN3O2/c15-10-3-4-13-16-11(6-14(20)18(13)7-10)8-17-5-1-2-12(19)9-17/h3-4,6-7,12,19H,1-2,5,8-9H2/t12-/m0/s1. The molecule has 0 saturated carbocycles. The number of β-amino-alcohol motifs (C(OH)–C–C–N with tert-alkyl or cyclic N) is 1. The Morgan fingerprint density at radius 1 is 1.45 bits per heavy atom. The van der Waals surface area contributed by atoms with Gasteiger partial charge in [0.15, 0.2) is 0 Å². The molecule has 0 unspecified atom stereocenters. The maximum Gasteiger partial charge on any atom is 0.258 e. The fourth-order valence-electron chi connectivity index (χ4n) is 2.61. The third-order valence-corrected chi connectivity index (χ3v) is 4.01. The molecule has 3 heterocycles. The highest BCUT2D eigenvalue weighted by Crippen LogP contribution is 2.13. The lowest BCUT2D eigenvalue weighted by Gasteiger charge is -2.29. The molecule has 5 nitrogen and oxygen atoms in total. The first-order valence-electron chi connectivity index (χ1n) is 6.70. The number of hydrogen-bond donors (Lipinski definition) is 1. The molecule has 1 N–H and O–H groups in total. The topological polar surface area (TPSA) is 57.8 Å². The van der Waals surface area contributed by atoms with E-state index in [-0.39, 0.29) is 11.7 Å². The van der Waals surface area contributed by atoms with Crippen molar-refractivity contribution in [1.29, 1.82) is 0 Å². The SMILES string of the molecule is O=c1cc(CN2CCC[C@H](O)C2)nc2ccc(Br)cn12. The Labute approximate surface area is 125 Å². The summed E-state index contributed by atoms with van der Waals surface area (Å²) in [6.07, 6.45) is 3.30. The average molecular weight is 338 g/mol. The molecule has 6 heteroatoms. The van der Waals surface area contributed by atoms with Gasteiger partial charge in [-0.15, -0.1) is 0 Å². The minimum atomic E-state index is -0.263. The van der Waals surface area contributed by atoms with Gasteiger partial charge in [0.1, 0.15) is 5.65 Å². The zero-order valence-electron chi connectivity index (χ0n) is 11.0. The summed E-state index contributed by atoms with van der Waals surface area (Å²) in [6, 6.07) is 5.26. The van der Waals surface area contributed by atoms with Gasteiger partial charge in [0.05, 0.1) is 11.8 Å². The van der Waals surface area contributed by atoms with Crippen molar-refractivity contribution in [3.8, 4) is 0 Å². The Bertz CT molecular complexity index is 686. The predicted molar refractivity (Wildman–Crippen MR) is 79.7 cm³/mol. The van der Waals surface area contributed by atoms with Crippen molar-refractivity contribution in [2.24, 2.45) is 0 Å². The Hall–Kier alpha value is -1.24. The summed E-state index contributed by atoms with van der Waals surface area (Å²) in [5.41, 5.74) is 1.32. The van der Waals surface area contributed by atoms with Crippen LogP contribution in [0.3, 0.4) is 0 Å². The van der Waals surface area contributed by atoms with Gasteiger partial charge in [0.25, 0.3) is 5.56 Å². The molecule has 0 aromatic carbocycles. The maximum atomic E-state index is 12.1. The summed E-state index contributed by atoms with van der Waals surface area (Å²) in [5.74, 6) is 0. The van der Waals surface area contributed by atoms with Crippen LogP contribution in [0.2, 0.25) is 0 Å². The zero-order chi connectivity index (χ0) is 14.1. The number of nitrogens with zero attached hydrogens (tertiary/aromatic N) is 3. The molecule has 1 fully saturated rings. The van der Waals surface area contributed by atoms with Gasteiger partial charge in [0.2, 0.25) is 0 Å². The molecule has 0 aliphatic carbocycles. The van der Waals surface area contributed by atoms with E-state index in [2.05, 4.69) is 25.8 Å². The number of pyridine rings is 1. The monoisotopic (exact) mass is 337 g/mol. The van der Waals surface area contributed by atoms with Crippen LogP contribution in [-0.2, 0) is 6.54 Å². The number of halogens is 1. The molecule has 20 heavy (non-hydrogen) atoms. The van der Waals surface area contributed by atoms with Gasteiger partial charge in [-0.1, -0.05) is 0 Å². The molecule has 1 aliphatic heterocycles. The van der Waals surface area contributed by atoms with E-state index >= 15 is 0 Å². The summed E-state index contributed by atoms with van der Waals surface area (Å²) >= 11 is 3.35. The number of aliphatic hydroxyl groups is 1. The van der Waals surface area contributed by atoms with E-state index in [4.69, 9.17) is 0 Å². The van der Waals surface area contributed by atoms with E-state index in [0.717, 1.165) is 29.6 Å². The van der Waals surface area contributed by atoms with E-state index in [9.17, 15) is 9.90 Å². The van der Waals surface area contributed by atoms with Crippen molar-refractivity contribution in [3.05, 3.63) is 44.9 Å². The molecule has 106 valence electrons. The first kappa shape index (κ1) is 13.7. The highest BCUT2D eigenvalue weighted by atomic mass is 79.9. The van der Waals surface area contributed by atoms with Crippen molar-refractivity contribution >= 4 is 21.6 Å². The molecular formula is C14H16BrN3O2. The molecule has 2 aromatic heterocycles. The predicted octanol–water partition coefficient (Wildman–Crippen LogP) is 1.41. The van der Waals surface area contributed by atoms with Crippen LogP contribution in [0.15, 0.2) is 33.7 Å². The van der Waals surface area contributed by atoms with Crippen LogP contribution in [0.1, 0.15) is 18.5 Å². The van der Waals surface area contributed by atoms with Crippen LogP contribution < -0.4 is 5.56 Å². The molecule has 1 aliphatic rings. The fourth-order valence-corrected chi connectivity index (χ4v) is 2.95. The van der Waals surface area contributed by atoms with E-state index < -0.39 is 0 Å². The van der Waals surface area contributed by atoms with Crippen LogP contribution in [-0.4, -0.2) is 38.6 Å². The smallest absolute Gasteiger partial charge is 0.258 e. The van der Waals surface area contributed by atoms with E-state index in [0.29, 0.717) is 18.7 Å². The van der Waals surface area contributed by atoms with Crippen molar-refractivity contribution in [2.45, 2.75) is 25.5 Å². The molecule has 2 aromatic rings. The molecule has 0 amide bonds. The Morgan fingerprint density at radius 2 is 2.30 bits per heavy atom. The van der Waals surface area contributed by atoms with Crippen LogP contribution in [0, 0.1) is 0 Å². The summed E-state index contributed by atoms with van der Waals surface area (Å²) in [6.45, 7) is 2.21. The van der Waals surface area contributed by atoms with Crippen LogP contribution in [0.4, 0.5) is 0 Å². The lowest BCUT2D eigenvalue weighted by atomic mass is 10.1. The molecule has 1 atom stereocenters. The first-order chi connectivity index (χ1) is 9.61. The van der Waals surface area contributed by atoms with Crippen LogP contribution in [0.25, 0.3) is 5.65 Å². The van der Waals surface area contributed by atoms with Gasteiger partial charge < -0.3 is 5.11 Å². The lowest BCUT2D eigenvalue weighted by molar-refractivity contribution is 0.0662. The molecule has 0 spiro atoms. The Kier molecular flexibility index (Phi) is 3.87. The summed E-state index contributed by atoms with van der Waals surface area (Å²) in [5, 5.41) is 9.68. The number of piperidine rings is 1. The van der Waals surface area contributed by atoms with Crippen molar-refractivity contribution < 1.29 is 5.11 Å². The molecule has 0 bridgehead atoms. The van der Waals surface area contributed by atoms with Gasteiger partial charge >= 0.3 is 0 Å². The minimum absolute atomic E-state index is 0.0798. The second-order valence-corrected chi connectivity index (χ2v) is 6.11. The van der Waals surface area contributed by atoms with Crippen LogP contribution in [0.5, 0.6) is 0 Å². The minimum Gasteiger partial charge on any atom is -0.392 e. The number of aliphatic hydroxyl groups excluding tert-OH is 1. The summed E-state index contributed by atoms with van der Waals surface area (Å²) in [4.78, 5) is 18.8. The van der Waals surface area contributed by atoms with Gasteiger partial charge in [-0.05, 0) is 47.4 Å². The average Bonchev–Trinajstić information content (AvgIpc) is 2.40. The number of fused-ring (bicyclic) bond motifs is 1. The van der Waals surface area contributed by atoms with Crippen molar-refractivity contribution in [1.82, 2.24) is 14.3 Å². The third-order valence-electron chi connectivity index (χ3n) is 3.54. The second kappa shape index (κ2) is 5.63. The molecule has 0 radical (unpaired) electrons. The largest absolute Gasteiger partial charge is 0.392 e. The lowest BCUT2D eigenvalue weighted by Crippen LogP contribution is -2.38. The summed E-state index contributed by atoms with van der Waals surface area (Å²) in [7, 11) is 0. The Morgan fingerprint density at radius 3 is 3.10 bits per heavy atom. The second-order valence-electron chi connectivity index (χ2n) is 5.19. The van der Waals surface area contributed by atoms with Crippen molar-refractivity contribution in [2.75, 3.05) is 13.1 Å². The van der Waals surface area contributed by atoms with Gasteiger partial charge in [-0.3, -0.25) is 14.1 Å². The quantitative estimate of drug-likeness (QED) is 0.900. The molecular weight excluding hydrogens is 322 g/mol. The normalized spacial score (nSPS) is 20.4. The fraction of sp³-hybridized carbons (Fsp3) is 0.429. The molecule has 1 saturated heterocycles. The first-order valence-corrected chi connectivity index (χ1v) is 7.49. The number of aromatic nitrogens is 2. The van der Waals surface area contributed by atoms with E-state index in [1.54, 1.807) is 12.3 Å². The molecule has 3 rings (SSSR count). The van der Waals surface area contributed by atoms with Gasteiger partial charge in [0, 0.05) is 29.8 Å². The third kappa shape index (κ3) is 2.92. The zero-order valence-corrected chi connectivity index (χ0v) is 12.6. The number of hydrogen-bond acceptors (Lipinski definition) is 4. The highest BCUT2D eigenvalue weighted by Gasteiger charge is 2.18. The van der Waals surface area contributed by atoms with E-state index in [1.165, 1.54) is 4.40 Å².